The van der Waals surface area contributed by atoms with Crippen molar-refractivity contribution in [1.82, 2.24) is 4.72 Å². The number of anilines is 1. The lowest BCUT2D eigenvalue weighted by Gasteiger charge is -2.19. The quantitative estimate of drug-likeness (QED) is 0.541. The third-order valence-electron chi connectivity index (χ3n) is 4.65. The van der Waals surface area contributed by atoms with Crippen LogP contribution in [0.3, 0.4) is 0 Å². The predicted molar refractivity (Wildman–Crippen MR) is 120 cm³/mol. The van der Waals surface area contributed by atoms with Crippen LogP contribution in [0.15, 0.2) is 83.8 Å². The van der Waals surface area contributed by atoms with Crippen molar-refractivity contribution in [2.24, 2.45) is 0 Å². The molecule has 0 aliphatic heterocycles. The number of sulfonamides is 1. The molecule has 0 radical (unpaired) electrons. The molecule has 3 aromatic carbocycles. The van der Waals surface area contributed by atoms with E-state index in [1.807, 2.05) is 54.6 Å². The molecule has 1 amide bonds. The van der Waals surface area contributed by atoms with Crippen molar-refractivity contribution in [3.63, 3.8) is 0 Å². The number of benzene rings is 3. The summed E-state index contributed by atoms with van der Waals surface area (Å²) in [6.45, 7) is 2.05. The van der Waals surface area contributed by atoms with Crippen molar-refractivity contribution in [3.05, 3.63) is 95.0 Å². The molecule has 0 aromatic heterocycles. The molecule has 0 spiro atoms. The van der Waals surface area contributed by atoms with E-state index >= 15 is 0 Å². The van der Waals surface area contributed by atoms with Crippen molar-refractivity contribution in [1.29, 1.82) is 0 Å². The molecule has 0 aliphatic carbocycles. The third kappa shape index (κ3) is 5.92. The minimum absolute atomic E-state index is 0.0464. The first-order valence-corrected chi connectivity index (χ1v) is 11.4. The molecule has 3 aromatic rings. The molecule has 0 fully saturated rings. The third-order valence-corrected chi connectivity index (χ3v) is 6.39. The van der Waals surface area contributed by atoms with Gasteiger partial charge >= 0.3 is 0 Å². The Morgan fingerprint density at radius 1 is 0.900 bits per heavy atom. The molecule has 5 nitrogen and oxygen atoms in total. The van der Waals surface area contributed by atoms with E-state index in [4.69, 9.17) is 11.6 Å². The lowest BCUT2D eigenvalue weighted by atomic mass is 10.1. The molecule has 0 heterocycles. The van der Waals surface area contributed by atoms with E-state index in [9.17, 15) is 13.2 Å². The highest BCUT2D eigenvalue weighted by Gasteiger charge is 2.26. The van der Waals surface area contributed by atoms with E-state index < -0.39 is 22.0 Å². The summed E-state index contributed by atoms with van der Waals surface area (Å²) < 4.78 is 28.2. The summed E-state index contributed by atoms with van der Waals surface area (Å²) in [6.07, 6.45) is 1.11. The van der Waals surface area contributed by atoms with Crippen LogP contribution in [0, 0.1) is 0 Å². The highest BCUT2D eigenvalue weighted by atomic mass is 35.5. The van der Waals surface area contributed by atoms with Crippen LogP contribution in [0.4, 0.5) is 5.69 Å². The van der Waals surface area contributed by atoms with Gasteiger partial charge < -0.3 is 5.32 Å². The van der Waals surface area contributed by atoms with Crippen LogP contribution >= 0.6 is 11.6 Å². The maximum Gasteiger partial charge on any atom is 0.242 e. The van der Waals surface area contributed by atoms with E-state index in [0.29, 0.717) is 10.7 Å². The molecule has 0 bridgehead atoms. The highest BCUT2D eigenvalue weighted by Crippen LogP contribution is 2.16. The van der Waals surface area contributed by atoms with Gasteiger partial charge in [-0.1, -0.05) is 61.0 Å². The monoisotopic (exact) mass is 442 g/mol. The number of amides is 1. The predicted octanol–water partition coefficient (Wildman–Crippen LogP) is 4.43. The number of aryl methyl sites for hydroxylation is 1. The number of carbonyl (C=O) groups is 1. The summed E-state index contributed by atoms with van der Waals surface area (Å²) >= 11 is 5.86. The molecule has 0 saturated carbocycles. The van der Waals surface area contributed by atoms with Crippen molar-refractivity contribution in [2.75, 3.05) is 5.32 Å². The zero-order valence-electron chi connectivity index (χ0n) is 16.5. The molecule has 0 unspecified atom stereocenters. The standard InChI is InChI=1S/C23H23ClN2O3S/c1-2-17-8-12-20(13-9-17)25-23(27)22(16-18-6-4-3-5-7-18)26-30(28,29)21-14-10-19(24)11-15-21/h3-15,22,26H,2,16H2,1H3,(H,25,27)/t22-/m1/s1. The first-order valence-electron chi connectivity index (χ1n) is 9.59. The Hall–Kier alpha value is -2.67. The van der Waals surface area contributed by atoms with Crippen molar-refractivity contribution in [2.45, 2.75) is 30.7 Å². The maximum absolute atomic E-state index is 13.0. The van der Waals surface area contributed by atoms with Crippen LogP contribution < -0.4 is 10.0 Å². The van der Waals surface area contributed by atoms with Gasteiger partial charge in [0.2, 0.25) is 15.9 Å². The van der Waals surface area contributed by atoms with Crippen molar-refractivity contribution < 1.29 is 13.2 Å². The Balaban J connectivity index is 1.83. The zero-order valence-corrected chi connectivity index (χ0v) is 18.1. The Morgan fingerprint density at radius 2 is 1.53 bits per heavy atom. The van der Waals surface area contributed by atoms with Gasteiger partial charge in [0.05, 0.1) is 4.90 Å². The zero-order chi connectivity index (χ0) is 21.6. The molecule has 7 heteroatoms. The average Bonchev–Trinajstić information content (AvgIpc) is 2.74. The number of hydrogen-bond donors (Lipinski definition) is 2. The molecule has 30 heavy (non-hydrogen) atoms. The first kappa shape index (κ1) is 22.0. The molecule has 156 valence electrons. The summed E-state index contributed by atoms with van der Waals surface area (Å²) in [6, 6.07) is 21.6. The summed E-state index contributed by atoms with van der Waals surface area (Å²) in [4.78, 5) is 13.0. The van der Waals surface area contributed by atoms with Crippen molar-refractivity contribution >= 4 is 33.2 Å². The molecule has 1 atom stereocenters. The van der Waals surface area contributed by atoms with Crippen LogP contribution in [0.1, 0.15) is 18.1 Å². The van der Waals surface area contributed by atoms with Crippen LogP contribution in [-0.4, -0.2) is 20.4 Å². The molecule has 0 aliphatic rings. The molecular formula is C23H23ClN2O3S. The Morgan fingerprint density at radius 3 is 2.13 bits per heavy atom. The molecule has 2 N–H and O–H groups in total. The smallest absolute Gasteiger partial charge is 0.242 e. The maximum atomic E-state index is 13.0. The average molecular weight is 443 g/mol. The largest absolute Gasteiger partial charge is 0.325 e. The second kappa shape index (κ2) is 9.89. The van der Waals surface area contributed by atoms with Gasteiger partial charge in [-0.2, -0.15) is 4.72 Å². The second-order valence-corrected chi connectivity index (χ2v) is 9.01. The Labute approximate surface area is 182 Å². The Kier molecular flexibility index (Phi) is 7.26. The van der Waals surface area contributed by atoms with Crippen molar-refractivity contribution in [3.8, 4) is 0 Å². The highest BCUT2D eigenvalue weighted by molar-refractivity contribution is 7.89. The molecule has 3 rings (SSSR count). The number of halogens is 1. The normalized spacial score (nSPS) is 12.3. The Bertz CT molecular complexity index is 1080. The summed E-state index contributed by atoms with van der Waals surface area (Å²) in [5, 5.41) is 3.24. The SMILES string of the molecule is CCc1ccc(NC(=O)[C@@H](Cc2ccccc2)NS(=O)(=O)c2ccc(Cl)cc2)cc1. The number of hydrogen-bond acceptors (Lipinski definition) is 3. The minimum Gasteiger partial charge on any atom is -0.325 e. The fraction of sp³-hybridized carbons (Fsp3) is 0.174. The number of rotatable bonds is 8. The van der Waals surface area contributed by atoms with Crippen LogP contribution in [0.25, 0.3) is 0 Å². The van der Waals surface area contributed by atoms with E-state index in [2.05, 4.69) is 17.0 Å². The number of nitrogens with one attached hydrogen (secondary N) is 2. The van der Waals surface area contributed by atoms with Gasteiger partial charge in [0.1, 0.15) is 6.04 Å². The van der Waals surface area contributed by atoms with Crippen LogP contribution in [0.2, 0.25) is 5.02 Å². The second-order valence-electron chi connectivity index (χ2n) is 6.86. The van der Waals surface area contributed by atoms with E-state index in [1.165, 1.54) is 24.3 Å². The first-order chi connectivity index (χ1) is 14.4. The lowest BCUT2D eigenvalue weighted by Crippen LogP contribution is -2.45. The van der Waals surface area contributed by atoms with Gasteiger partial charge in [0, 0.05) is 10.7 Å². The molecule has 0 saturated heterocycles. The summed E-state index contributed by atoms with van der Waals surface area (Å²) in [5.74, 6) is -0.430. The molecular weight excluding hydrogens is 420 g/mol. The topological polar surface area (TPSA) is 75.3 Å². The van der Waals surface area contributed by atoms with Gasteiger partial charge in [-0.05, 0) is 60.4 Å². The van der Waals surface area contributed by atoms with E-state index in [-0.39, 0.29) is 11.3 Å². The van der Waals surface area contributed by atoms with Gasteiger partial charge in [0.25, 0.3) is 0 Å². The van der Waals surface area contributed by atoms with E-state index in [0.717, 1.165) is 17.5 Å². The fourth-order valence-electron chi connectivity index (χ4n) is 2.96. The lowest BCUT2D eigenvalue weighted by molar-refractivity contribution is -0.117. The summed E-state index contributed by atoms with van der Waals surface area (Å²) in [7, 11) is -3.91. The van der Waals surface area contributed by atoms with Gasteiger partial charge in [-0.15, -0.1) is 0 Å². The van der Waals surface area contributed by atoms with E-state index in [1.54, 1.807) is 0 Å². The van der Waals surface area contributed by atoms with Gasteiger partial charge in [0.15, 0.2) is 0 Å². The van der Waals surface area contributed by atoms with Gasteiger partial charge in [-0.3, -0.25) is 4.79 Å². The minimum atomic E-state index is -3.91. The summed E-state index contributed by atoms with van der Waals surface area (Å²) in [5.41, 5.74) is 2.61. The van der Waals surface area contributed by atoms with Gasteiger partial charge in [-0.25, -0.2) is 8.42 Å². The van der Waals surface area contributed by atoms with Crippen LogP contribution in [0.5, 0.6) is 0 Å². The van der Waals surface area contributed by atoms with Crippen LogP contribution in [-0.2, 0) is 27.7 Å². The number of carbonyl (C=O) groups excluding carboxylic acids is 1. The fourth-order valence-corrected chi connectivity index (χ4v) is 4.28.